The zero-order valence-corrected chi connectivity index (χ0v) is 32.4. The third-order valence-corrected chi connectivity index (χ3v) is 5.76. The second-order valence-corrected chi connectivity index (χ2v) is 11.1. The van der Waals surface area contributed by atoms with Gasteiger partial charge in [-0.05, 0) is 45.6 Å². The summed E-state index contributed by atoms with van der Waals surface area (Å²) in [7, 11) is 1.33. The highest BCUT2D eigenvalue weighted by Gasteiger charge is 2.24. The molecule has 12 nitrogen and oxygen atoms in total. The molecule has 0 aliphatic carbocycles. The fourth-order valence-electron chi connectivity index (χ4n) is 2.66. The van der Waals surface area contributed by atoms with Gasteiger partial charge in [0, 0.05) is 28.4 Å². The number of esters is 5. The van der Waals surface area contributed by atoms with E-state index in [1.165, 1.54) is 13.2 Å². The van der Waals surface area contributed by atoms with Crippen molar-refractivity contribution in [1.29, 1.82) is 0 Å². The number of aliphatic hydroxyl groups is 1. The minimum absolute atomic E-state index is 0.0141. The third-order valence-electron chi connectivity index (χ3n) is 5.76. The lowest BCUT2D eigenvalue weighted by molar-refractivity contribution is -0.140. The van der Waals surface area contributed by atoms with E-state index < -0.39 is 5.97 Å². The second-order valence-electron chi connectivity index (χ2n) is 11.1. The van der Waals surface area contributed by atoms with Gasteiger partial charge in [-0.1, -0.05) is 102 Å². The molecule has 296 valence electrons. The fourth-order valence-corrected chi connectivity index (χ4v) is 2.66. The third kappa shape index (κ3) is 36.5. The van der Waals surface area contributed by atoms with Crippen LogP contribution in [-0.4, -0.2) is 87.8 Å². The molecule has 0 amide bonds. The Morgan fingerprint density at radius 1 is 0.774 bits per heavy atom. The molecule has 1 aromatic carbocycles. The molecule has 1 N–H and O–H groups in total. The molecular formula is C41H60O12. The van der Waals surface area contributed by atoms with E-state index in [9.17, 15) is 24.0 Å². The lowest BCUT2D eigenvalue weighted by Crippen LogP contribution is -2.09. The molecule has 1 aliphatic rings. The smallest absolute Gasteiger partial charge is 0.333 e. The number of ether oxygens (including phenoxy) is 6. The van der Waals surface area contributed by atoms with Gasteiger partial charge in [0.05, 0.1) is 33.5 Å². The van der Waals surface area contributed by atoms with Gasteiger partial charge in [-0.15, -0.1) is 0 Å². The van der Waals surface area contributed by atoms with Crippen molar-refractivity contribution in [2.45, 2.75) is 72.8 Å². The van der Waals surface area contributed by atoms with E-state index >= 15 is 0 Å². The number of methoxy groups -OCH3 is 1. The van der Waals surface area contributed by atoms with E-state index in [1.54, 1.807) is 20.8 Å². The van der Waals surface area contributed by atoms with Crippen molar-refractivity contribution in [2.75, 3.05) is 46.8 Å². The van der Waals surface area contributed by atoms with E-state index in [-0.39, 0.29) is 43.2 Å². The summed E-state index contributed by atoms with van der Waals surface area (Å²) in [6, 6.07) is 9.79. The number of hydrogen-bond donors (Lipinski definition) is 1. The Hall–Kier alpha value is -5.07. The van der Waals surface area contributed by atoms with Crippen molar-refractivity contribution in [1.82, 2.24) is 0 Å². The number of epoxide rings is 1. The highest BCUT2D eigenvalue weighted by Crippen LogP contribution is 2.09. The van der Waals surface area contributed by atoms with E-state index in [2.05, 4.69) is 49.3 Å². The molecule has 2 rings (SSSR count). The van der Waals surface area contributed by atoms with E-state index in [1.807, 2.05) is 49.4 Å². The first-order valence-electron chi connectivity index (χ1n) is 17.1. The van der Waals surface area contributed by atoms with Crippen molar-refractivity contribution in [3.63, 3.8) is 0 Å². The van der Waals surface area contributed by atoms with Crippen LogP contribution in [0.5, 0.6) is 0 Å². The van der Waals surface area contributed by atoms with Crippen LogP contribution in [-0.2, 0) is 52.4 Å². The van der Waals surface area contributed by atoms with Crippen molar-refractivity contribution in [3.05, 3.63) is 103 Å². The monoisotopic (exact) mass is 744 g/mol. The average molecular weight is 745 g/mol. The molecule has 1 heterocycles. The minimum Gasteiger partial charge on any atom is -0.466 e. The van der Waals surface area contributed by atoms with Crippen LogP contribution in [0.2, 0.25) is 0 Å². The maximum absolute atomic E-state index is 11.3. The van der Waals surface area contributed by atoms with E-state index in [0.717, 1.165) is 31.2 Å². The maximum Gasteiger partial charge on any atom is 0.333 e. The van der Waals surface area contributed by atoms with Gasteiger partial charge in [0.15, 0.2) is 0 Å². The highest BCUT2D eigenvalue weighted by molar-refractivity contribution is 5.88. The van der Waals surface area contributed by atoms with Gasteiger partial charge in [-0.2, -0.15) is 0 Å². The molecule has 1 unspecified atom stereocenters. The van der Waals surface area contributed by atoms with Crippen LogP contribution in [0.3, 0.4) is 0 Å². The Bertz CT molecular complexity index is 1310. The fraction of sp³-hybridized carbons (Fsp3) is 0.439. The number of carbonyl (C=O) groups excluding carboxylic acids is 5. The predicted molar refractivity (Wildman–Crippen MR) is 206 cm³/mol. The van der Waals surface area contributed by atoms with Crippen molar-refractivity contribution in [3.8, 4) is 0 Å². The number of allylic oxidation sites excluding steroid dienone is 1. The zero-order chi connectivity index (χ0) is 41.0. The molecular weight excluding hydrogens is 684 g/mol. The summed E-state index contributed by atoms with van der Waals surface area (Å²) < 4.78 is 28.1. The van der Waals surface area contributed by atoms with Crippen LogP contribution < -0.4 is 0 Å². The Balaban J connectivity index is -0.000000613. The van der Waals surface area contributed by atoms with Crippen LogP contribution in [0.4, 0.5) is 0 Å². The molecule has 0 radical (unpaired) electrons. The van der Waals surface area contributed by atoms with Crippen LogP contribution in [0.25, 0.3) is 6.08 Å². The predicted octanol–water partition coefficient (Wildman–Crippen LogP) is 6.84. The van der Waals surface area contributed by atoms with E-state index in [4.69, 9.17) is 24.1 Å². The molecule has 0 saturated carbocycles. The second kappa shape index (κ2) is 35.3. The molecule has 53 heavy (non-hydrogen) atoms. The molecule has 1 fully saturated rings. The maximum atomic E-state index is 11.3. The molecule has 12 heteroatoms. The number of rotatable bonds is 18. The van der Waals surface area contributed by atoms with Gasteiger partial charge in [-0.3, -0.25) is 0 Å². The largest absolute Gasteiger partial charge is 0.466 e. The lowest BCUT2D eigenvalue weighted by Gasteiger charge is -2.02. The molecule has 0 spiro atoms. The number of aliphatic hydroxyl groups excluding tert-OH is 1. The van der Waals surface area contributed by atoms with E-state index in [0.29, 0.717) is 55.1 Å². The number of benzene rings is 1. The van der Waals surface area contributed by atoms with Gasteiger partial charge in [0.25, 0.3) is 0 Å². The van der Waals surface area contributed by atoms with Gasteiger partial charge >= 0.3 is 29.8 Å². The molecule has 1 aliphatic heterocycles. The van der Waals surface area contributed by atoms with Crippen LogP contribution >= 0.6 is 0 Å². The topological polar surface area (TPSA) is 164 Å². The summed E-state index contributed by atoms with van der Waals surface area (Å²) in [6.07, 6.45) is 9.49. The Labute approximate surface area is 315 Å². The Kier molecular flexibility index (Phi) is 34.9. The Morgan fingerprint density at radius 2 is 1.26 bits per heavy atom. The first-order valence-corrected chi connectivity index (χ1v) is 17.1. The average Bonchev–Trinajstić information content (AvgIpc) is 3.98. The summed E-state index contributed by atoms with van der Waals surface area (Å²) in [5, 5.41) is 8.50. The summed E-state index contributed by atoms with van der Waals surface area (Å²) in [6.45, 7) is 28.1. The molecule has 1 atom stereocenters. The lowest BCUT2D eigenvalue weighted by atomic mass is 10.1. The first kappa shape index (κ1) is 52.3. The van der Waals surface area contributed by atoms with Gasteiger partial charge < -0.3 is 33.5 Å². The van der Waals surface area contributed by atoms with Crippen molar-refractivity contribution >= 4 is 35.9 Å². The SMILES string of the molecule is C=C(C)C(=O)OC.C=C(C)C(=O)OCC1CO1.C=C(C)C(=O)OCCCC.C=C(CC=Cc1ccccc1)C(=O)OCCO.C=CC(=O)OCCCC. The van der Waals surface area contributed by atoms with Crippen LogP contribution in [0.15, 0.2) is 97.7 Å². The normalized spacial score (nSPS) is 11.6. The number of hydrogen-bond acceptors (Lipinski definition) is 12. The summed E-state index contributed by atoms with van der Waals surface area (Å²) in [5.74, 6) is -1.76. The minimum atomic E-state index is -0.461. The van der Waals surface area contributed by atoms with Crippen LogP contribution in [0, 0.1) is 0 Å². The zero-order valence-electron chi connectivity index (χ0n) is 32.4. The quantitative estimate of drug-likeness (QED) is 0.0548. The summed E-state index contributed by atoms with van der Waals surface area (Å²) in [4.78, 5) is 53.2. The Morgan fingerprint density at radius 3 is 1.68 bits per heavy atom. The standard InChI is InChI=1S/C14H16O3.C8H14O2.C7H10O3.C7H12O2.C5H8O2/c1-12(14(16)17-11-10-15)6-5-9-13-7-3-2-4-8-13;1-4-5-6-10-8(9)7(2)3;1-5(2)7(8)10-4-6-3-9-6;1-3-5-6-9-7(8)4-2;1-4(2)5(6)7-3/h2-5,7-9,15H,1,6,10-11H2;2,4-6H2,1,3H3;6H,1,3-4H2,2H3;4H,2-3,5-6H2,1H3;1H2,2-3H3. The summed E-state index contributed by atoms with van der Waals surface area (Å²) in [5.41, 5.74) is 2.79. The van der Waals surface area contributed by atoms with Gasteiger partial charge in [0.1, 0.15) is 19.3 Å². The number of unbranched alkanes of at least 4 members (excludes halogenated alkanes) is 2. The molecule has 0 aromatic heterocycles. The van der Waals surface area contributed by atoms with Crippen molar-refractivity contribution in [2.24, 2.45) is 0 Å². The molecule has 0 bridgehead atoms. The van der Waals surface area contributed by atoms with Crippen LogP contribution in [0.1, 0.15) is 72.3 Å². The van der Waals surface area contributed by atoms with Gasteiger partial charge in [-0.25, -0.2) is 24.0 Å². The number of carbonyl (C=O) groups is 5. The molecule has 1 aromatic rings. The summed E-state index contributed by atoms with van der Waals surface area (Å²) >= 11 is 0. The highest BCUT2D eigenvalue weighted by atomic mass is 16.6. The van der Waals surface area contributed by atoms with Crippen molar-refractivity contribution < 1.29 is 57.5 Å². The molecule has 1 saturated heterocycles. The first-order chi connectivity index (χ1) is 25.1. The van der Waals surface area contributed by atoms with Gasteiger partial charge in [0.2, 0.25) is 0 Å².